The van der Waals surface area contributed by atoms with Gasteiger partial charge in [-0.25, -0.2) is 13.1 Å². The molecule has 0 bridgehead atoms. The van der Waals surface area contributed by atoms with Crippen molar-refractivity contribution in [3.05, 3.63) is 16.6 Å². The minimum Gasteiger partial charge on any atom is -0.482 e. The maximum atomic E-state index is 12.1. The van der Waals surface area contributed by atoms with E-state index in [0.717, 1.165) is 0 Å². The number of amides is 1. The van der Waals surface area contributed by atoms with Gasteiger partial charge in [-0.1, -0.05) is 0 Å². The zero-order chi connectivity index (χ0) is 15.6. The summed E-state index contributed by atoms with van der Waals surface area (Å²) in [6.45, 7) is -0.417. The normalized spacial score (nSPS) is 14.0. The molecule has 3 N–H and O–H groups in total. The van der Waals surface area contributed by atoms with E-state index in [1.54, 1.807) is 0 Å². The van der Waals surface area contributed by atoms with Crippen LogP contribution < -0.4 is 14.8 Å². The number of nitrogens with one attached hydrogen (secondary N) is 2. The Balaban J connectivity index is 2.27. The molecule has 0 radical (unpaired) electrons. The summed E-state index contributed by atoms with van der Waals surface area (Å²) in [7, 11) is -3.89. The van der Waals surface area contributed by atoms with Crippen LogP contribution in [0.1, 0.15) is 6.42 Å². The molecule has 1 amide bonds. The smallest absolute Gasteiger partial charge is 0.304 e. The number of hydrogen-bond donors (Lipinski definition) is 3. The number of carboxylic acid groups (broad SMARTS) is 1. The van der Waals surface area contributed by atoms with E-state index >= 15 is 0 Å². The second-order valence-electron chi connectivity index (χ2n) is 4.16. The van der Waals surface area contributed by atoms with Crippen molar-refractivity contribution in [3.8, 4) is 5.75 Å². The molecule has 0 unspecified atom stereocenters. The Kier molecular flexibility index (Phi) is 4.49. The summed E-state index contributed by atoms with van der Waals surface area (Å²) in [6.07, 6.45) is -0.325. The van der Waals surface area contributed by atoms with Crippen LogP contribution in [0.3, 0.4) is 0 Å². The van der Waals surface area contributed by atoms with Crippen molar-refractivity contribution in [1.29, 1.82) is 0 Å². The van der Waals surface area contributed by atoms with Crippen molar-refractivity contribution in [2.24, 2.45) is 0 Å². The van der Waals surface area contributed by atoms with Crippen LogP contribution >= 0.6 is 15.9 Å². The van der Waals surface area contributed by atoms with Crippen LogP contribution in [0.15, 0.2) is 21.5 Å². The molecule has 1 aromatic rings. The SMILES string of the molecule is O=C(O)CCNS(=O)(=O)c1cc2c(cc1Br)NC(=O)CO2. The summed E-state index contributed by atoms with van der Waals surface area (Å²) in [4.78, 5) is 21.5. The number of sulfonamides is 1. The van der Waals surface area contributed by atoms with E-state index in [9.17, 15) is 18.0 Å². The summed E-state index contributed by atoms with van der Waals surface area (Å²) in [6, 6.07) is 2.68. The van der Waals surface area contributed by atoms with Gasteiger partial charge in [0.1, 0.15) is 5.75 Å². The minimum absolute atomic E-state index is 0.0946. The fourth-order valence-corrected chi connectivity index (χ4v) is 3.74. The summed E-state index contributed by atoms with van der Waals surface area (Å²) >= 11 is 3.11. The molecule has 0 saturated heterocycles. The molecular weight excluding hydrogens is 368 g/mol. The number of halogens is 1. The highest BCUT2D eigenvalue weighted by Gasteiger charge is 2.24. The Labute approximate surface area is 128 Å². The van der Waals surface area contributed by atoms with Crippen molar-refractivity contribution in [1.82, 2.24) is 4.72 Å². The van der Waals surface area contributed by atoms with E-state index in [2.05, 4.69) is 26.0 Å². The first-order valence-corrected chi connectivity index (χ1v) is 8.05. The summed E-state index contributed by atoms with van der Waals surface area (Å²) < 4.78 is 31.8. The zero-order valence-electron chi connectivity index (χ0n) is 10.6. The molecule has 0 fully saturated rings. The molecular formula is C11H11BrN2O6S. The minimum atomic E-state index is -3.89. The molecule has 1 heterocycles. The number of carbonyl (C=O) groups excluding carboxylic acids is 1. The molecule has 1 aromatic carbocycles. The summed E-state index contributed by atoms with van der Waals surface area (Å²) in [5.41, 5.74) is 0.364. The Morgan fingerprint density at radius 1 is 1.48 bits per heavy atom. The van der Waals surface area contributed by atoms with Crippen LogP contribution in [-0.2, 0) is 19.6 Å². The van der Waals surface area contributed by atoms with Crippen molar-refractivity contribution in [2.45, 2.75) is 11.3 Å². The second-order valence-corrected chi connectivity index (χ2v) is 6.75. The van der Waals surface area contributed by atoms with E-state index in [1.165, 1.54) is 12.1 Å². The van der Waals surface area contributed by atoms with Crippen molar-refractivity contribution < 1.29 is 27.9 Å². The fourth-order valence-electron chi connectivity index (χ4n) is 1.66. The first-order chi connectivity index (χ1) is 9.79. The van der Waals surface area contributed by atoms with Gasteiger partial charge in [0, 0.05) is 17.1 Å². The lowest BCUT2D eigenvalue weighted by Gasteiger charge is -2.19. The number of fused-ring (bicyclic) bond motifs is 1. The maximum Gasteiger partial charge on any atom is 0.304 e. The van der Waals surface area contributed by atoms with E-state index in [-0.39, 0.29) is 40.6 Å². The summed E-state index contributed by atoms with van der Waals surface area (Å²) in [5.74, 6) is -1.20. The molecule has 1 aliphatic rings. The highest BCUT2D eigenvalue weighted by atomic mass is 79.9. The van der Waals surface area contributed by atoms with Crippen LogP contribution in [0.25, 0.3) is 0 Å². The van der Waals surface area contributed by atoms with Gasteiger partial charge in [0.25, 0.3) is 5.91 Å². The molecule has 1 aliphatic heterocycles. The largest absolute Gasteiger partial charge is 0.482 e. The monoisotopic (exact) mass is 378 g/mol. The predicted molar refractivity (Wildman–Crippen MR) is 75.7 cm³/mol. The molecule has 2 rings (SSSR count). The standard InChI is InChI=1S/C11H11BrN2O6S/c12-6-3-7-8(20-5-10(15)14-7)4-9(6)21(18,19)13-2-1-11(16)17/h3-4,13H,1-2,5H2,(H,14,15)(H,16,17). The van der Waals surface area contributed by atoms with Gasteiger partial charge in [-0.15, -0.1) is 0 Å². The number of hydrogen-bond acceptors (Lipinski definition) is 5. The number of ether oxygens (including phenoxy) is 1. The molecule has 0 aromatic heterocycles. The highest BCUT2D eigenvalue weighted by Crippen LogP contribution is 2.35. The van der Waals surface area contributed by atoms with Gasteiger partial charge >= 0.3 is 5.97 Å². The maximum absolute atomic E-state index is 12.1. The number of rotatable bonds is 5. The fraction of sp³-hybridized carbons (Fsp3) is 0.273. The lowest BCUT2D eigenvalue weighted by atomic mass is 10.2. The number of carboxylic acids is 1. The van der Waals surface area contributed by atoms with E-state index < -0.39 is 16.0 Å². The lowest BCUT2D eigenvalue weighted by molar-refractivity contribution is -0.136. The lowest BCUT2D eigenvalue weighted by Crippen LogP contribution is -2.28. The molecule has 10 heteroatoms. The van der Waals surface area contributed by atoms with Crippen molar-refractivity contribution in [3.63, 3.8) is 0 Å². The van der Waals surface area contributed by atoms with Gasteiger partial charge in [-0.2, -0.15) is 0 Å². The van der Waals surface area contributed by atoms with Gasteiger partial charge in [0.2, 0.25) is 10.0 Å². The third-order valence-corrected chi connectivity index (χ3v) is 5.01. The van der Waals surface area contributed by atoms with Gasteiger partial charge in [-0.3, -0.25) is 9.59 Å². The Morgan fingerprint density at radius 3 is 2.86 bits per heavy atom. The average molecular weight is 379 g/mol. The van der Waals surface area contributed by atoms with E-state index in [1.807, 2.05) is 0 Å². The van der Waals surface area contributed by atoms with Crippen molar-refractivity contribution in [2.75, 3.05) is 18.5 Å². The first kappa shape index (κ1) is 15.7. The van der Waals surface area contributed by atoms with Crippen LogP contribution in [-0.4, -0.2) is 38.6 Å². The molecule has 114 valence electrons. The van der Waals surface area contributed by atoms with Gasteiger partial charge in [-0.05, 0) is 22.0 Å². The average Bonchev–Trinajstić information content (AvgIpc) is 2.36. The number of carbonyl (C=O) groups is 2. The molecule has 8 nitrogen and oxygen atoms in total. The molecule has 0 spiro atoms. The third kappa shape index (κ3) is 3.71. The highest BCUT2D eigenvalue weighted by molar-refractivity contribution is 9.10. The van der Waals surface area contributed by atoms with Crippen LogP contribution in [0.2, 0.25) is 0 Å². The van der Waals surface area contributed by atoms with Crippen LogP contribution in [0.4, 0.5) is 5.69 Å². The van der Waals surface area contributed by atoms with Gasteiger partial charge in [0.15, 0.2) is 6.61 Å². The predicted octanol–water partition coefficient (Wildman–Crippen LogP) is 0.533. The van der Waals surface area contributed by atoms with Gasteiger partial charge < -0.3 is 15.2 Å². The number of benzene rings is 1. The Hall–Kier alpha value is -1.65. The molecule has 21 heavy (non-hydrogen) atoms. The molecule has 0 atom stereocenters. The summed E-state index contributed by atoms with van der Waals surface area (Å²) in [5, 5.41) is 11.1. The third-order valence-electron chi connectivity index (χ3n) is 2.59. The van der Waals surface area contributed by atoms with Crippen LogP contribution in [0, 0.1) is 0 Å². The molecule has 0 saturated carbocycles. The molecule has 0 aliphatic carbocycles. The van der Waals surface area contributed by atoms with Crippen molar-refractivity contribution >= 4 is 43.5 Å². The Morgan fingerprint density at radius 2 is 2.19 bits per heavy atom. The topological polar surface area (TPSA) is 122 Å². The van der Waals surface area contributed by atoms with E-state index in [0.29, 0.717) is 5.69 Å². The zero-order valence-corrected chi connectivity index (χ0v) is 13.0. The second kappa shape index (κ2) is 6.00. The first-order valence-electron chi connectivity index (χ1n) is 5.77. The van der Waals surface area contributed by atoms with Crippen LogP contribution in [0.5, 0.6) is 5.75 Å². The number of aliphatic carboxylic acids is 1. The quantitative estimate of drug-likeness (QED) is 0.686. The van der Waals surface area contributed by atoms with Gasteiger partial charge in [0.05, 0.1) is 17.0 Å². The van der Waals surface area contributed by atoms with E-state index in [4.69, 9.17) is 9.84 Å². The Bertz CT molecular complexity index is 703. The number of anilines is 1.